The number of rotatable bonds is 6. The van der Waals surface area contributed by atoms with Crippen molar-refractivity contribution in [2.45, 2.75) is 12.3 Å². The van der Waals surface area contributed by atoms with Crippen LogP contribution in [0.5, 0.6) is 5.75 Å². The summed E-state index contributed by atoms with van der Waals surface area (Å²) in [6.07, 6.45) is 0.324. The summed E-state index contributed by atoms with van der Waals surface area (Å²) < 4.78 is 11.9. The number of aliphatic hydroxyl groups is 1. The second-order valence-electron chi connectivity index (χ2n) is 4.08. The lowest BCUT2D eigenvalue weighted by molar-refractivity contribution is -0.386. The number of nitro groups is 1. The van der Waals surface area contributed by atoms with Crippen molar-refractivity contribution in [1.29, 1.82) is 0 Å². The van der Waals surface area contributed by atoms with Gasteiger partial charge in [0.25, 0.3) is 0 Å². The summed E-state index contributed by atoms with van der Waals surface area (Å²) in [4.78, 5) is 35.7. The number of nitrogens with two attached hydrogens (primary N) is 1. The lowest BCUT2D eigenvalue weighted by Gasteiger charge is -2.18. The van der Waals surface area contributed by atoms with Crippen LogP contribution in [0.2, 0.25) is 0 Å². The maximum absolute atomic E-state index is 11.9. The van der Waals surface area contributed by atoms with Crippen LogP contribution in [0.15, 0.2) is 18.2 Å². The zero-order valence-corrected chi connectivity index (χ0v) is 12.2. The molecule has 0 aromatic heterocycles. The van der Waals surface area contributed by atoms with Crippen molar-refractivity contribution in [3.05, 3.63) is 33.9 Å². The van der Waals surface area contributed by atoms with E-state index in [4.69, 9.17) is 15.3 Å². The minimum atomic E-state index is -3.92. The first-order valence-electron chi connectivity index (χ1n) is 5.87. The molecule has 10 nitrogen and oxygen atoms in total. The highest BCUT2D eigenvalue weighted by Gasteiger charge is 2.31. The minimum Gasteiger partial charge on any atom is -0.502 e. The molecule has 11 heteroatoms. The number of phenolic OH excluding ortho intramolecular Hbond substituents is 1. The molecule has 0 aliphatic carbocycles. The molecule has 22 heavy (non-hydrogen) atoms. The Kier molecular flexibility index (Phi) is 8.18. The van der Waals surface area contributed by atoms with Crippen LogP contribution in [-0.4, -0.2) is 38.9 Å². The van der Waals surface area contributed by atoms with E-state index < -0.39 is 29.6 Å². The maximum Gasteiger partial charge on any atom is 0.373 e. The lowest BCUT2D eigenvalue weighted by atomic mass is 10.2. The summed E-state index contributed by atoms with van der Waals surface area (Å²) in [6.45, 7) is 0.201. The molecule has 1 rings (SSSR count). The van der Waals surface area contributed by atoms with Gasteiger partial charge in [0.1, 0.15) is 0 Å². The highest BCUT2D eigenvalue weighted by molar-refractivity contribution is 7.58. The molecule has 0 heterocycles. The molecular formula is C11H15N2O8P. The third-order valence-corrected chi connectivity index (χ3v) is 4.58. The van der Waals surface area contributed by atoms with Gasteiger partial charge in [-0.2, -0.15) is 9.59 Å². The van der Waals surface area contributed by atoms with Gasteiger partial charge in [-0.1, -0.05) is 6.07 Å². The fourth-order valence-corrected chi connectivity index (χ4v) is 3.03. The van der Waals surface area contributed by atoms with Crippen LogP contribution in [0, 0.1) is 10.1 Å². The quantitative estimate of drug-likeness (QED) is 0.323. The van der Waals surface area contributed by atoms with E-state index in [1.807, 2.05) is 0 Å². The predicted octanol–water partition coefficient (Wildman–Crippen LogP) is 0.327. The predicted molar refractivity (Wildman–Crippen MR) is 73.1 cm³/mol. The molecule has 1 aromatic rings. The molecule has 0 saturated heterocycles. The molecule has 0 aliphatic heterocycles. The normalized spacial score (nSPS) is 14.0. The average Bonchev–Trinajstić information content (AvgIpc) is 2.45. The molecule has 5 N–H and O–H groups in total. The van der Waals surface area contributed by atoms with E-state index in [9.17, 15) is 29.8 Å². The molecule has 122 valence electrons. The second-order valence-corrected chi connectivity index (χ2v) is 6.53. The molecule has 0 spiro atoms. The van der Waals surface area contributed by atoms with Gasteiger partial charge in [-0.15, -0.1) is 0 Å². The maximum atomic E-state index is 11.9. The van der Waals surface area contributed by atoms with Crippen LogP contribution in [-0.2, 0) is 14.2 Å². The Hall–Kier alpha value is -2.09. The van der Waals surface area contributed by atoms with Crippen molar-refractivity contribution in [3.63, 3.8) is 0 Å². The van der Waals surface area contributed by atoms with Crippen molar-refractivity contribution < 1.29 is 34.2 Å². The van der Waals surface area contributed by atoms with Gasteiger partial charge < -0.3 is 20.8 Å². The molecule has 0 amide bonds. The van der Waals surface area contributed by atoms with E-state index in [-0.39, 0.29) is 30.8 Å². The monoisotopic (exact) mass is 334 g/mol. The van der Waals surface area contributed by atoms with E-state index in [2.05, 4.69) is 0 Å². The van der Waals surface area contributed by atoms with E-state index in [0.717, 1.165) is 18.2 Å². The Morgan fingerprint density at radius 3 is 2.41 bits per heavy atom. The molecule has 2 atom stereocenters. The number of hydrogen-bond acceptors (Lipinski definition) is 8. The van der Waals surface area contributed by atoms with Gasteiger partial charge in [-0.25, -0.2) is 0 Å². The molecular weight excluding hydrogens is 319 g/mol. The van der Waals surface area contributed by atoms with Gasteiger partial charge in [0.05, 0.1) is 4.92 Å². The number of benzene rings is 1. The van der Waals surface area contributed by atoms with Gasteiger partial charge in [-0.3, -0.25) is 14.7 Å². The number of nitro benzene ring substituents is 1. The van der Waals surface area contributed by atoms with E-state index in [1.165, 1.54) is 0 Å². The highest BCUT2D eigenvalue weighted by atomic mass is 31.2. The molecule has 2 unspecified atom stereocenters. The highest BCUT2D eigenvalue weighted by Crippen LogP contribution is 2.54. The smallest absolute Gasteiger partial charge is 0.373 e. The summed E-state index contributed by atoms with van der Waals surface area (Å²) in [5, 5.41) is 29.7. The number of aromatic hydroxyl groups is 1. The largest absolute Gasteiger partial charge is 0.502 e. The Bertz CT molecular complexity index is 600. The molecule has 1 aromatic carbocycles. The standard InChI is InChI=1S/C10H15N2O6P.CO2/c11-4-1-5-19(17,18)10(14)7-2-3-9(13)8(6-7)12(15)16;2-1-3/h2-3,6,10,13-14H,1,4-5,11H2,(H,17,18);. The molecule has 0 aliphatic rings. The third-order valence-electron chi connectivity index (χ3n) is 2.56. The third kappa shape index (κ3) is 5.72. The SMILES string of the molecule is NCCCP(=O)(O)C(O)c1ccc(O)c([N+](=O)[O-])c1.O=C=O. The van der Waals surface area contributed by atoms with Gasteiger partial charge in [0.2, 0.25) is 7.37 Å². The fraction of sp³-hybridized carbons (Fsp3) is 0.364. The summed E-state index contributed by atoms with van der Waals surface area (Å²) >= 11 is 0. The van der Waals surface area contributed by atoms with Crippen molar-refractivity contribution in [3.8, 4) is 5.75 Å². The van der Waals surface area contributed by atoms with Crippen LogP contribution < -0.4 is 5.73 Å². The molecule has 0 fully saturated rings. The first-order chi connectivity index (χ1) is 10.2. The van der Waals surface area contributed by atoms with E-state index in [0.29, 0.717) is 0 Å². The first-order valence-corrected chi connectivity index (χ1v) is 7.78. The van der Waals surface area contributed by atoms with Gasteiger partial charge in [0.15, 0.2) is 11.6 Å². The Morgan fingerprint density at radius 2 is 1.95 bits per heavy atom. The van der Waals surface area contributed by atoms with Crippen LogP contribution in [0.3, 0.4) is 0 Å². The van der Waals surface area contributed by atoms with Crippen molar-refractivity contribution in [1.82, 2.24) is 0 Å². The Balaban J connectivity index is 0.00000135. The van der Waals surface area contributed by atoms with Crippen LogP contribution >= 0.6 is 7.37 Å². The average molecular weight is 334 g/mol. The van der Waals surface area contributed by atoms with Crippen LogP contribution in [0.25, 0.3) is 0 Å². The Labute approximate surface area is 124 Å². The number of hydrogen-bond donors (Lipinski definition) is 4. The topological polar surface area (TPSA) is 181 Å². The first kappa shape index (κ1) is 19.9. The second kappa shape index (κ2) is 9.04. The van der Waals surface area contributed by atoms with Crippen LogP contribution in [0.1, 0.15) is 17.8 Å². The summed E-state index contributed by atoms with van der Waals surface area (Å²) in [6, 6.07) is 3.04. The van der Waals surface area contributed by atoms with E-state index in [1.54, 1.807) is 0 Å². The molecule has 0 bridgehead atoms. The molecule has 0 saturated carbocycles. The lowest BCUT2D eigenvalue weighted by Crippen LogP contribution is -2.07. The zero-order chi connectivity index (χ0) is 17.3. The van der Waals surface area contributed by atoms with Crippen LogP contribution in [0.4, 0.5) is 5.69 Å². The van der Waals surface area contributed by atoms with Gasteiger partial charge in [-0.05, 0) is 24.6 Å². The fourth-order valence-electron chi connectivity index (χ4n) is 1.52. The zero-order valence-electron chi connectivity index (χ0n) is 11.3. The number of aliphatic hydroxyl groups excluding tert-OH is 1. The number of nitrogens with zero attached hydrogens (tertiary/aromatic N) is 1. The minimum absolute atomic E-state index is 0.0904. The summed E-state index contributed by atoms with van der Waals surface area (Å²) in [7, 11) is -3.92. The number of carbonyl (C=O) groups excluding carboxylic acids is 2. The number of phenols is 1. The van der Waals surface area contributed by atoms with E-state index >= 15 is 0 Å². The van der Waals surface area contributed by atoms with Gasteiger partial charge in [0, 0.05) is 12.2 Å². The molecule has 0 radical (unpaired) electrons. The summed E-state index contributed by atoms with van der Waals surface area (Å²) in [5.74, 6) is -2.31. The van der Waals surface area contributed by atoms with Gasteiger partial charge >= 0.3 is 11.8 Å². The summed E-state index contributed by atoms with van der Waals surface area (Å²) in [5.41, 5.74) is 4.50. The van der Waals surface area contributed by atoms with Crippen molar-refractivity contribution in [2.75, 3.05) is 12.7 Å². The Morgan fingerprint density at radius 1 is 1.41 bits per heavy atom. The van der Waals surface area contributed by atoms with Crippen molar-refractivity contribution >= 4 is 19.2 Å². The van der Waals surface area contributed by atoms with Crippen molar-refractivity contribution in [2.24, 2.45) is 5.73 Å².